The number of aliphatic carboxylic acids is 2. The van der Waals surface area contributed by atoms with Crippen LogP contribution in [0.4, 0.5) is 0 Å². The molecule has 0 fully saturated rings. The van der Waals surface area contributed by atoms with Crippen LogP contribution in [0.1, 0.15) is 33.1 Å². The van der Waals surface area contributed by atoms with E-state index >= 15 is 0 Å². The Morgan fingerprint density at radius 1 is 1.00 bits per heavy atom. The summed E-state index contributed by atoms with van der Waals surface area (Å²) in [5, 5.41) is 24.7. The molecule has 0 aliphatic rings. The smallest absolute Gasteiger partial charge is 0.326 e. The largest absolute Gasteiger partial charge is 0.481 e. The Morgan fingerprint density at radius 2 is 1.61 bits per heavy atom. The molecule has 0 heterocycles. The van der Waals surface area contributed by atoms with Crippen LogP contribution in [-0.2, 0) is 24.0 Å². The van der Waals surface area contributed by atoms with Crippen LogP contribution in [0.2, 0.25) is 0 Å². The maximum absolute atomic E-state index is 12.3. The summed E-state index contributed by atoms with van der Waals surface area (Å²) in [5.74, 6) is -5.70. The van der Waals surface area contributed by atoms with Gasteiger partial charge in [-0.25, -0.2) is 4.79 Å². The van der Waals surface area contributed by atoms with Crippen LogP contribution in [0.5, 0.6) is 0 Å². The van der Waals surface area contributed by atoms with Crippen molar-refractivity contribution >= 4 is 35.6 Å². The van der Waals surface area contributed by atoms with Crippen LogP contribution in [0, 0.1) is 5.92 Å². The van der Waals surface area contributed by atoms with Gasteiger partial charge in [-0.15, -0.1) is 0 Å². The highest BCUT2D eigenvalue weighted by atomic mass is 16.4. The Morgan fingerprint density at radius 3 is 2.10 bits per heavy atom. The van der Waals surface area contributed by atoms with Gasteiger partial charge in [-0.2, -0.15) is 0 Å². The van der Waals surface area contributed by atoms with Crippen molar-refractivity contribution in [3.8, 4) is 0 Å². The maximum Gasteiger partial charge on any atom is 0.326 e. The number of nitrogens with one attached hydrogen (secondary N) is 3. The zero-order chi connectivity index (χ0) is 24.1. The Labute approximate surface area is 179 Å². The number of hydrogen-bond acceptors (Lipinski definition) is 7. The molecule has 0 aromatic heterocycles. The van der Waals surface area contributed by atoms with Gasteiger partial charge in [-0.05, 0) is 18.8 Å². The number of hydrogen-bond donors (Lipinski definition) is 8. The fourth-order valence-corrected chi connectivity index (χ4v) is 2.35. The first-order valence-electron chi connectivity index (χ1n) is 9.48. The number of carboxylic acid groups (broad SMARTS) is 2. The minimum absolute atomic E-state index is 0.0854. The van der Waals surface area contributed by atoms with E-state index in [1.54, 1.807) is 13.8 Å². The van der Waals surface area contributed by atoms with Crippen molar-refractivity contribution in [2.45, 2.75) is 51.2 Å². The third-order valence-electron chi connectivity index (χ3n) is 3.99. The average molecular weight is 445 g/mol. The van der Waals surface area contributed by atoms with Gasteiger partial charge in [-0.1, -0.05) is 13.8 Å². The van der Waals surface area contributed by atoms with Gasteiger partial charge >= 0.3 is 11.9 Å². The highest BCUT2D eigenvalue weighted by Gasteiger charge is 2.30. The summed E-state index contributed by atoms with van der Waals surface area (Å²) in [6, 6.07) is -3.73. The molecule has 11 N–H and O–H groups in total. The van der Waals surface area contributed by atoms with E-state index in [1.165, 1.54) is 0 Å². The number of amides is 3. The van der Waals surface area contributed by atoms with Crippen molar-refractivity contribution in [3.63, 3.8) is 0 Å². The molecule has 0 aromatic carbocycles. The monoisotopic (exact) mass is 445 g/mol. The number of carbonyl (C=O) groups is 5. The fraction of sp³-hybridized carbons (Fsp3) is 0.647. The third kappa shape index (κ3) is 12.0. The summed E-state index contributed by atoms with van der Waals surface area (Å²) < 4.78 is 0. The van der Waals surface area contributed by atoms with Crippen molar-refractivity contribution in [3.05, 3.63) is 0 Å². The van der Waals surface area contributed by atoms with Gasteiger partial charge in [0.05, 0.1) is 19.0 Å². The second-order valence-corrected chi connectivity index (χ2v) is 7.06. The number of nitrogens with two attached hydrogens (primary N) is 3. The van der Waals surface area contributed by atoms with Gasteiger partial charge in [0.25, 0.3) is 0 Å². The first-order valence-corrected chi connectivity index (χ1v) is 9.48. The van der Waals surface area contributed by atoms with Crippen LogP contribution < -0.4 is 33.2 Å². The van der Waals surface area contributed by atoms with Gasteiger partial charge in [0, 0.05) is 6.54 Å². The molecular formula is C17H31N7O7. The molecular weight excluding hydrogens is 414 g/mol. The van der Waals surface area contributed by atoms with E-state index in [4.69, 9.17) is 27.4 Å². The zero-order valence-corrected chi connectivity index (χ0v) is 17.5. The van der Waals surface area contributed by atoms with E-state index in [1.807, 2.05) is 0 Å². The number of carbonyl (C=O) groups excluding carboxylic acids is 3. The molecule has 31 heavy (non-hydrogen) atoms. The highest BCUT2D eigenvalue weighted by molar-refractivity contribution is 5.94. The molecule has 0 aromatic rings. The average Bonchev–Trinajstić information content (AvgIpc) is 2.65. The predicted octanol–water partition coefficient (Wildman–Crippen LogP) is -3.33. The molecule has 176 valence electrons. The first-order chi connectivity index (χ1) is 14.3. The van der Waals surface area contributed by atoms with Gasteiger partial charge in [0.2, 0.25) is 17.7 Å². The van der Waals surface area contributed by atoms with Crippen molar-refractivity contribution < 1.29 is 34.2 Å². The van der Waals surface area contributed by atoms with E-state index in [0.717, 1.165) is 0 Å². The van der Waals surface area contributed by atoms with E-state index < -0.39 is 66.7 Å². The van der Waals surface area contributed by atoms with Crippen LogP contribution in [-0.4, -0.2) is 77.0 Å². The number of aliphatic imine (C=N–C) groups is 1. The van der Waals surface area contributed by atoms with Crippen molar-refractivity contribution in [1.29, 1.82) is 0 Å². The van der Waals surface area contributed by atoms with Crippen LogP contribution in [0.3, 0.4) is 0 Å². The summed E-state index contributed by atoms with van der Waals surface area (Å²) in [4.78, 5) is 62.2. The molecule has 14 heteroatoms. The second-order valence-electron chi connectivity index (χ2n) is 7.06. The highest BCUT2D eigenvalue weighted by Crippen LogP contribution is 2.03. The molecule has 0 spiro atoms. The summed E-state index contributed by atoms with van der Waals surface area (Å²) in [6.45, 7) is 2.83. The lowest BCUT2D eigenvalue weighted by atomic mass is 10.0. The number of nitrogens with zero attached hydrogens (tertiary/aromatic N) is 1. The van der Waals surface area contributed by atoms with E-state index in [-0.39, 0.29) is 18.9 Å². The minimum atomic E-state index is -1.53. The quantitative estimate of drug-likeness (QED) is 0.0749. The molecule has 0 bridgehead atoms. The Bertz CT molecular complexity index is 692. The molecule has 0 saturated carbocycles. The SMILES string of the molecule is CC(C)[C@@H](NC(=O)[C@H](CC(=O)O)NC(=O)CNC(=O)[C@@H](N)CCCN=C(N)N)C(=O)O. The van der Waals surface area contributed by atoms with E-state index in [0.29, 0.717) is 6.42 Å². The number of rotatable bonds is 14. The molecule has 0 unspecified atom stereocenters. The van der Waals surface area contributed by atoms with E-state index in [2.05, 4.69) is 20.9 Å². The summed E-state index contributed by atoms with van der Waals surface area (Å²) in [6.07, 6.45) is -0.0968. The first kappa shape index (κ1) is 27.6. The lowest BCUT2D eigenvalue weighted by Gasteiger charge is -2.22. The normalized spacial score (nSPS) is 13.4. The van der Waals surface area contributed by atoms with Gasteiger partial charge in [0.15, 0.2) is 5.96 Å². The van der Waals surface area contributed by atoms with Crippen LogP contribution in [0.25, 0.3) is 0 Å². The lowest BCUT2D eigenvalue weighted by molar-refractivity contribution is -0.144. The molecule has 0 radical (unpaired) electrons. The third-order valence-corrected chi connectivity index (χ3v) is 3.99. The molecule has 3 atom stereocenters. The Kier molecular flexibility index (Phi) is 12.2. The summed E-state index contributed by atoms with van der Waals surface area (Å²) >= 11 is 0. The Hall–Kier alpha value is -3.42. The molecule has 3 amide bonds. The standard InChI is InChI=1S/C17H31N7O7/c1-8(2)13(16(30)31)24-15(29)10(6-12(26)27)23-11(25)7-22-14(28)9(18)4-3-5-21-17(19)20/h8-10,13H,3-7,18H2,1-2H3,(H,22,28)(H,23,25)(H,24,29)(H,26,27)(H,30,31)(H4,19,20,21)/t9-,10-,13+/m0/s1. The minimum Gasteiger partial charge on any atom is -0.481 e. The van der Waals surface area contributed by atoms with Crippen molar-refractivity contribution in [2.75, 3.05) is 13.1 Å². The van der Waals surface area contributed by atoms with Gasteiger partial charge < -0.3 is 43.4 Å². The van der Waals surface area contributed by atoms with Crippen molar-refractivity contribution in [1.82, 2.24) is 16.0 Å². The topological polar surface area (TPSA) is 252 Å². The van der Waals surface area contributed by atoms with Crippen LogP contribution in [0.15, 0.2) is 4.99 Å². The number of guanidine groups is 1. The Balaban J connectivity index is 4.75. The van der Waals surface area contributed by atoms with E-state index in [9.17, 15) is 24.0 Å². The van der Waals surface area contributed by atoms with Gasteiger partial charge in [0.1, 0.15) is 12.1 Å². The molecule has 0 aliphatic carbocycles. The summed E-state index contributed by atoms with van der Waals surface area (Å²) in [7, 11) is 0. The van der Waals surface area contributed by atoms with Crippen LogP contribution >= 0.6 is 0 Å². The molecule has 0 rings (SSSR count). The predicted molar refractivity (Wildman–Crippen MR) is 109 cm³/mol. The summed E-state index contributed by atoms with van der Waals surface area (Å²) in [5.41, 5.74) is 16.0. The molecule has 0 aliphatic heterocycles. The van der Waals surface area contributed by atoms with Gasteiger partial charge in [-0.3, -0.25) is 24.2 Å². The number of carboxylic acids is 2. The fourth-order valence-electron chi connectivity index (χ4n) is 2.35. The zero-order valence-electron chi connectivity index (χ0n) is 17.5. The molecule has 0 saturated heterocycles. The van der Waals surface area contributed by atoms with Crippen molar-refractivity contribution in [2.24, 2.45) is 28.1 Å². The second kappa shape index (κ2) is 13.7. The maximum atomic E-state index is 12.3. The lowest BCUT2D eigenvalue weighted by Crippen LogP contribution is -2.55. The molecule has 14 nitrogen and oxygen atoms in total.